The fourth-order valence-electron chi connectivity index (χ4n) is 1.48. The summed E-state index contributed by atoms with van der Waals surface area (Å²) in [5.74, 6) is 0. The van der Waals surface area contributed by atoms with Gasteiger partial charge in [-0.2, -0.15) is 0 Å². The Morgan fingerprint density at radius 1 is 1.55 bits per heavy atom. The number of rotatable bonds is 1. The van der Waals surface area contributed by atoms with Crippen LogP contribution in [0.3, 0.4) is 0 Å². The van der Waals surface area contributed by atoms with Crippen LogP contribution in [0.2, 0.25) is 0 Å². The molecule has 2 heterocycles. The van der Waals surface area contributed by atoms with Crippen LogP contribution in [0.1, 0.15) is 23.8 Å². The predicted octanol–water partition coefficient (Wildman–Crippen LogP) is 1.75. The normalized spacial score (nSPS) is 24.2. The Labute approximate surface area is 70.4 Å². The molecular formula is C8H12N2S. The second-order valence-corrected chi connectivity index (χ2v) is 4.04. The quantitative estimate of drug-likeness (QED) is 0.670. The summed E-state index contributed by atoms with van der Waals surface area (Å²) < 4.78 is 0. The second-order valence-electron chi connectivity index (χ2n) is 2.89. The van der Waals surface area contributed by atoms with Gasteiger partial charge in [0.05, 0.1) is 5.00 Å². The molecule has 1 aromatic heterocycles. The molecular weight excluding hydrogens is 156 g/mol. The molecule has 0 spiro atoms. The van der Waals surface area contributed by atoms with Crippen LogP contribution in [-0.2, 0) is 0 Å². The smallest absolute Gasteiger partial charge is 0.0859 e. The summed E-state index contributed by atoms with van der Waals surface area (Å²) >= 11 is 1.70. The van der Waals surface area contributed by atoms with Gasteiger partial charge in [-0.15, -0.1) is 11.3 Å². The Balaban J connectivity index is 2.15. The maximum Gasteiger partial charge on any atom is 0.0859 e. The first-order valence-electron chi connectivity index (χ1n) is 3.95. The van der Waals surface area contributed by atoms with Crippen molar-refractivity contribution in [3.63, 3.8) is 0 Å². The largest absolute Gasteiger partial charge is 0.391 e. The van der Waals surface area contributed by atoms with Crippen LogP contribution >= 0.6 is 11.3 Å². The second kappa shape index (κ2) is 2.83. The zero-order valence-corrected chi connectivity index (χ0v) is 7.16. The number of nitrogens with two attached hydrogens (primary N) is 1. The topological polar surface area (TPSA) is 38.0 Å². The lowest BCUT2D eigenvalue weighted by Gasteiger charge is -2.05. The highest BCUT2D eigenvalue weighted by atomic mass is 32.1. The van der Waals surface area contributed by atoms with Crippen molar-refractivity contribution in [1.82, 2.24) is 5.32 Å². The van der Waals surface area contributed by atoms with E-state index in [2.05, 4.69) is 11.4 Å². The number of hydrogen-bond donors (Lipinski definition) is 2. The van der Waals surface area contributed by atoms with Crippen LogP contribution in [0.25, 0.3) is 0 Å². The minimum absolute atomic E-state index is 0.581. The average Bonchev–Trinajstić information content (AvgIpc) is 2.55. The molecule has 1 aromatic rings. The summed E-state index contributed by atoms with van der Waals surface area (Å²) in [6, 6.07) is 4.69. The Morgan fingerprint density at radius 3 is 3.00 bits per heavy atom. The van der Waals surface area contributed by atoms with Crippen LogP contribution in [0, 0.1) is 0 Å². The molecule has 1 unspecified atom stereocenters. The van der Waals surface area contributed by atoms with Crippen molar-refractivity contribution < 1.29 is 0 Å². The summed E-state index contributed by atoms with van der Waals surface area (Å²) in [7, 11) is 0. The third-order valence-electron chi connectivity index (χ3n) is 2.05. The zero-order chi connectivity index (χ0) is 7.68. The summed E-state index contributed by atoms with van der Waals surface area (Å²) in [6.07, 6.45) is 2.56. The van der Waals surface area contributed by atoms with Crippen molar-refractivity contribution in [3.05, 3.63) is 17.0 Å². The van der Waals surface area contributed by atoms with Crippen molar-refractivity contribution >= 4 is 16.3 Å². The van der Waals surface area contributed by atoms with Gasteiger partial charge in [-0.25, -0.2) is 0 Å². The van der Waals surface area contributed by atoms with Crippen LogP contribution in [0.4, 0.5) is 5.00 Å². The van der Waals surface area contributed by atoms with E-state index in [0.717, 1.165) is 11.5 Å². The Kier molecular flexibility index (Phi) is 1.84. The van der Waals surface area contributed by atoms with Crippen molar-refractivity contribution in [3.8, 4) is 0 Å². The maximum absolute atomic E-state index is 5.64. The van der Waals surface area contributed by atoms with Crippen molar-refractivity contribution in [2.24, 2.45) is 0 Å². The van der Waals surface area contributed by atoms with E-state index >= 15 is 0 Å². The van der Waals surface area contributed by atoms with Gasteiger partial charge in [-0.05, 0) is 31.5 Å². The molecule has 0 bridgehead atoms. The van der Waals surface area contributed by atoms with Gasteiger partial charge in [-0.3, -0.25) is 0 Å². The Bertz CT molecular complexity index is 238. The molecule has 1 aliphatic rings. The first kappa shape index (κ1) is 7.13. The van der Waals surface area contributed by atoms with Gasteiger partial charge in [0.2, 0.25) is 0 Å². The molecule has 3 N–H and O–H groups in total. The molecule has 60 valence electrons. The third kappa shape index (κ3) is 1.39. The van der Waals surface area contributed by atoms with Gasteiger partial charge < -0.3 is 11.1 Å². The molecule has 11 heavy (non-hydrogen) atoms. The van der Waals surface area contributed by atoms with Gasteiger partial charge in [-0.1, -0.05) is 0 Å². The van der Waals surface area contributed by atoms with Crippen molar-refractivity contribution in [2.45, 2.75) is 18.9 Å². The van der Waals surface area contributed by atoms with E-state index < -0.39 is 0 Å². The molecule has 2 nitrogen and oxygen atoms in total. The van der Waals surface area contributed by atoms with E-state index in [1.165, 1.54) is 17.7 Å². The maximum atomic E-state index is 5.64. The van der Waals surface area contributed by atoms with E-state index in [1.54, 1.807) is 11.3 Å². The summed E-state index contributed by atoms with van der Waals surface area (Å²) in [6.45, 7) is 1.16. The molecule has 3 heteroatoms. The summed E-state index contributed by atoms with van der Waals surface area (Å²) in [5.41, 5.74) is 5.64. The van der Waals surface area contributed by atoms with Crippen LogP contribution in [-0.4, -0.2) is 6.54 Å². The van der Waals surface area contributed by atoms with E-state index in [9.17, 15) is 0 Å². The van der Waals surface area contributed by atoms with Crippen LogP contribution < -0.4 is 11.1 Å². The highest BCUT2D eigenvalue weighted by molar-refractivity contribution is 7.15. The minimum atomic E-state index is 0.581. The summed E-state index contributed by atoms with van der Waals surface area (Å²) in [5, 5.41) is 4.37. The van der Waals surface area contributed by atoms with Gasteiger partial charge >= 0.3 is 0 Å². The monoisotopic (exact) mass is 168 g/mol. The fourth-order valence-corrected chi connectivity index (χ4v) is 2.37. The molecule has 2 rings (SSSR count). The molecule has 1 atom stereocenters. The molecule has 1 saturated heterocycles. The Morgan fingerprint density at radius 2 is 2.45 bits per heavy atom. The number of hydrogen-bond acceptors (Lipinski definition) is 3. The van der Waals surface area contributed by atoms with Gasteiger partial charge in [0.25, 0.3) is 0 Å². The van der Waals surface area contributed by atoms with Gasteiger partial charge in [0, 0.05) is 10.9 Å². The number of anilines is 1. The van der Waals surface area contributed by atoms with Gasteiger partial charge in [0.15, 0.2) is 0 Å². The van der Waals surface area contributed by atoms with Crippen molar-refractivity contribution in [2.75, 3.05) is 12.3 Å². The fraction of sp³-hybridized carbons (Fsp3) is 0.500. The lowest BCUT2D eigenvalue weighted by atomic mass is 10.2. The lowest BCUT2D eigenvalue weighted by molar-refractivity contribution is 0.660. The average molecular weight is 168 g/mol. The molecule has 0 aliphatic carbocycles. The lowest BCUT2D eigenvalue weighted by Crippen LogP contribution is -2.11. The van der Waals surface area contributed by atoms with Gasteiger partial charge in [0.1, 0.15) is 0 Å². The first-order chi connectivity index (χ1) is 5.36. The molecule has 1 aliphatic heterocycles. The predicted molar refractivity (Wildman–Crippen MR) is 48.7 cm³/mol. The number of nitrogens with one attached hydrogen (secondary N) is 1. The molecule has 0 radical (unpaired) electrons. The third-order valence-corrected chi connectivity index (χ3v) is 3.08. The Hall–Kier alpha value is -0.540. The SMILES string of the molecule is Nc1ccc(C2CCCN2)s1. The standard InChI is InChI=1S/C8H12N2S/c9-8-4-3-7(11-8)6-2-1-5-10-6/h3-4,6,10H,1-2,5,9H2. The first-order valence-corrected chi connectivity index (χ1v) is 4.76. The number of thiophene rings is 1. The number of nitrogen functional groups attached to an aromatic ring is 1. The van der Waals surface area contributed by atoms with E-state index in [-0.39, 0.29) is 0 Å². The molecule has 0 amide bonds. The minimum Gasteiger partial charge on any atom is -0.391 e. The zero-order valence-electron chi connectivity index (χ0n) is 6.34. The van der Waals surface area contributed by atoms with Crippen LogP contribution in [0.15, 0.2) is 12.1 Å². The molecule has 0 aromatic carbocycles. The van der Waals surface area contributed by atoms with Crippen molar-refractivity contribution in [1.29, 1.82) is 0 Å². The molecule has 1 fully saturated rings. The van der Waals surface area contributed by atoms with Crippen LogP contribution in [0.5, 0.6) is 0 Å². The summed E-state index contributed by atoms with van der Waals surface area (Å²) in [4.78, 5) is 1.39. The van der Waals surface area contributed by atoms with E-state index in [4.69, 9.17) is 5.73 Å². The van der Waals surface area contributed by atoms with E-state index in [1.807, 2.05) is 6.07 Å². The van der Waals surface area contributed by atoms with E-state index in [0.29, 0.717) is 6.04 Å². The molecule has 0 saturated carbocycles. The highest BCUT2D eigenvalue weighted by Crippen LogP contribution is 2.29. The highest BCUT2D eigenvalue weighted by Gasteiger charge is 2.16.